The van der Waals surface area contributed by atoms with E-state index in [1.54, 1.807) is 12.1 Å². The Morgan fingerprint density at radius 3 is 2.60 bits per heavy atom. The summed E-state index contributed by atoms with van der Waals surface area (Å²) in [5.74, 6) is 1.54. The molecule has 0 saturated carbocycles. The van der Waals surface area contributed by atoms with Crippen LogP contribution in [0.5, 0.6) is 0 Å². The maximum Gasteiger partial charge on any atom is 0.242 e. The Labute approximate surface area is 118 Å². The average molecular weight is 295 g/mol. The van der Waals surface area contributed by atoms with Gasteiger partial charge in [0.25, 0.3) is 0 Å². The van der Waals surface area contributed by atoms with Gasteiger partial charge in [-0.2, -0.15) is 0 Å². The zero-order valence-electron chi connectivity index (χ0n) is 11.3. The van der Waals surface area contributed by atoms with E-state index in [4.69, 9.17) is 10.2 Å². The first-order valence-electron chi connectivity index (χ1n) is 6.04. The molecule has 4 N–H and O–H groups in total. The lowest BCUT2D eigenvalue weighted by Gasteiger charge is -2.12. The van der Waals surface area contributed by atoms with E-state index in [0.717, 1.165) is 11.5 Å². The summed E-state index contributed by atoms with van der Waals surface area (Å²) in [5.41, 5.74) is 6.51. The third kappa shape index (κ3) is 3.12. The van der Waals surface area contributed by atoms with Crippen LogP contribution in [-0.4, -0.2) is 15.5 Å². The third-order valence-electron chi connectivity index (χ3n) is 2.81. The number of aryl methyl sites for hydroxylation is 1. The molecule has 0 fully saturated rings. The van der Waals surface area contributed by atoms with Crippen LogP contribution < -0.4 is 15.8 Å². The molecule has 0 aliphatic rings. The Kier molecular flexibility index (Phi) is 4.01. The van der Waals surface area contributed by atoms with Gasteiger partial charge in [-0.25, -0.2) is 13.1 Å². The van der Waals surface area contributed by atoms with E-state index >= 15 is 0 Å². The van der Waals surface area contributed by atoms with Gasteiger partial charge in [0.15, 0.2) is 0 Å². The van der Waals surface area contributed by atoms with Crippen LogP contribution in [0.15, 0.2) is 39.6 Å². The normalized spacial score (nSPS) is 11.5. The van der Waals surface area contributed by atoms with Crippen molar-refractivity contribution in [2.45, 2.75) is 18.4 Å². The second-order valence-electron chi connectivity index (χ2n) is 4.33. The number of anilines is 2. The van der Waals surface area contributed by atoms with Crippen molar-refractivity contribution >= 4 is 21.4 Å². The van der Waals surface area contributed by atoms with E-state index in [9.17, 15) is 8.42 Å². The standard InChI is InChI=1S/C13H17N3O3S/c1-9-3-5-11(19-9)8-16-12-6-4-10(14)7-13(12)20(17,18)15-2/h3-7,15-16H,8,14H2,1-2H3. The lowest BCUT2D eigenvalue weighted by atomic mass is 10.3. The lowest BCUT2D eigenvalue weighted by Crippen LogP contribution is -2.20. The summed E-state index contributed by atoms with van der Waals surface area (Å²) in [6, 6.07) is 8.39. The van der Waals surface area contributed by atoms with Crippen molar-refractivity contribution in [2.24, 2.45) is 0 Å². The average Bonchev–Trinajstić information content (AvgIpc) is 2.83. The van der Waals surface area contributed by atoms with E-state index in [1.165, 1.54) is 13.1 Å². The Hall–Kier alpha value is -1.99. The molecule has 1 aromatic heterocycles. The van der Waals surface area contributed by atoms with Gasteiger partial charge in [-0.15, -0.1) is 0 Å². The molecule has 7 heteroatoms. The number of rotatable bonds is 5. The summed E-state index contributed by atoms with van der Waals surface area (Å²) in [4.78, 5) is 0.114. The molecule has 6 nitrogen and oxygen atoms in total. The van der Waals surface area contributed by atoms with E-state index in [2.05, 4.69) is 10.0 Å². The topological polar surface area (TPSA) is 97.4 Å². The molecule has 0 bridgehead atoms. The molecule has 1 aromatic carbocycles. The summed E-state index contributed by atoms with van der Waals surface area (Å²) >= 11 is 0. The number of sulfonamides is 1. The minimum absolute atomic E-state index is 0.114. The Balaban J connectivity index is 2.27. The monoisotopic (exact) mass is 295 g/mol. The Morgan fingerprint density at radius 1 is 1.25 bits per heavy atom. The number of benzene rings is 1. The summed E-state index contributed by atoms with van der Waals surface area (Å²) in [6.07, 6.45) is 0. The van der Waals surface area contributed by atoms with Crippen molar-refractivity contribution in [2.75, 3.05) is 18.1 Å². The zero-order chi connectivity index (χ0) is 14.8. The fourth-order valence-corrected chi connectivity index (χ4v) is 2.72. The van der Waals surface area contributed by atoms with Crippen LogP contribution in [0.1, 0.15) is 11.5 Å². The molecule has 0 amide bonds. The molecule has 0 unspecified atom stereocenters. The largest absolute Gasteiger partial charge is 0.465 e. The van der Waals surface area contributed by atoms with Gasteiger partial charge in [-0.1, -0.05) is 0 Å². The number of furan rings is 1. The number of nitrogens with one attached hydrogen (secondary N) is 2. The van der Waals surface area contributed by atoms with Crippen LogP contribution in [0.4, 0.5) is 11.4 Å². The summed E-state index contributed by atoms with van der Waals surface area (Å²) in [7, 11) is -2.21. The van der Waals surface area contributed by atoms with E-state index < -0.39 is 10.0 Å². The quantitative estimate of drug-likeness (QED) is 0.729. The number of hydrogen-bond donors (Lipinski definition) is 3. The lowest BCUT2D eigenvalue weighted by molar-refractivity contribution is 0.490. The molecule has 2 aromatic rings. The Morgan fingerprint density at radius 2 is 2.00 bits per heavy atom. The van der Waals surface area contributed by atoms with E-state index in [1.807, 2.05) is 19.1 Å². The molecule has 0 atom stereocenters. The van der Waals surface area contributed by atoms with Crippen LogP contribution in [0.25, 0.3) is 0 Å². The van der Waals surface area contributed by atoms with Gasteiger partial charge < -0.3 is 15.5 Å². The van der Waals surface area contributed by atoms with Gasteiger partial charge in [0.05, 0.1) is 12.2 Å². The minimum Gasteiger partial charge on any atom is -0.465 e. The molecule has 0 radical (unpaired) electrons. The molecule has 0 saturated heterocycles. The van der Waals surface area contributed by atoms with Gasteiger partial charge in [0.2, 0.25) is 10.0 Å². The van der Waals surface area contributed by atoms with Crippen LogP contribution in [-0.2, 0) is 16.6 Å². The van der Waals surface area contributed by atoms with Crippen molar-refractivity contribution in [3.8, 4) is 0 Å². The third-order valence-corrected chi connectivity index (χ3v) is 4.27. The number of nitrogen functional groups attached to an aromatic ring is 1. The molecule has 20 heavy (non-hydrogen) atoms. The first-order chi connectivity index (χ1) is 9.42. The molecule has 0 aliphatic carbocycles. The van der Waals surface area contributed by atoms with Gasteiger partial charge in [0, 0.05) is 5.69 Å². The molecule has 108 valence electrons. The smallest absolute Gasteiger partial charge is 0.242 e. The van der Waals surface area contributed by atoms with Crippen molar-refractivity contribution in [3.63, 3.8) is 0 Å². The number of nitrogens with two attached hydrogens (primary N) is 1. The fraction of sp³-hybridized carbons (Fsp3) is 0.231. The van der Waals surface area contributed by atoms with Crippen molar-refractivity contribution < 1.29 is 12.8 Å². The first-order valence-corrected chi connectivity index (χ1v) is 7.53. The number of hydrogen-bond acceptors (Lipinski definition) is 5. The maximum absolute atomic E-state index is 12.0. The highest BCUT2D eigenvalue weighted by atomic mass is 32.2. The second kappa shape index (κ2) is 5.56. The van der Waals surface area contributed by atoms with Crippen molar-refractivity contribution in [1.82, 2.24) is 4.72 Å². The van der Waals surface area contributed by atoms with Gasteiger partial charge in [0.1, 0.15) is 16.4 Å². The molecule has 0 spiro atoms. The summed E-state index contributed by atoms with van der Waals surface area (Å²) < 4.78 is 31.6. The highest BCUT2D eigenvalue weighted by molar-refractivity contribution is 7.89. The van der Waals surface area contributed by atoms with Crippen LogP contribution in [0, 0.1) is 6.92 Å². The summed E-state index contributed by atoms with van der Waals surface area (Å²) in [6.45, 7) is 2.24. The van der Waals surface area contributed by atoms with E-state index in [0.29, 0.717) is 17.9 Å². The molecule has 0 aliphatic heterocycles. The summed E-state index contributed by atoms with van der Waals surface area (Å²) in [5, 5.41) is 3.04. The first kappa shape index (κ1) is 14.4. The molecule has 1 heterocycles. The predicted molar refractivity (Wildman–Crippen MR) is 77.9 cm³/mol. The minimum atomic E-state index is -3.57. The SMILES string of the molecule is CNS(=O)(=O)c1cc(N)ccc1NCc1ccc(C)o1. The predicted octanol–water partition coefficient (Wildman–Crippen LogP) is 1.69. The van der Waals surface area contributed by atoms with Crippen LogP contribution >= 0.6 is 0 Å². The van der Waals surface area contributed by atoms with Crippen LogP contribution in [0.2, 0.25) is 0 Å². The highest BCUT2D eigenvalue weighted by Crippen LogP contribution is 2.24. The molecular formula is C13H17N3O3S. The molecular weight excluding hydrogens is 278 g/mol. The fourth-order valence-electron chi connectivity index (χ4n) is 1.78. The van der Waals surface area contributed by atoms with Crippen LogP contribution in [0.3, 0.4) is 0 Å². The van der Waals surface area contributed by atoms with Crippen molar-refractivity contribution in [3.05, 3.63) is 41.9 Å². The van der Waals surface area contributed by atoms with E-state index in [-0.39, 0.29) is 4.90 Å². The van der Waals surface area contributed by atoms with Gasteiger partial charge >= 0.3 is 0 Å². The van der Waals surface area contributed by atoms with Gasteiger partial charge in [-0.05, 0) is 44.3 Å². The highest BCUT2D eigenvalue weighted by Gasteiger charge is 2.17. The van der Waals surface area contributed by atoms with Crippen molar-refractivity contribution in [1.29, 1.82) is 0 Å². The second-order valence-corrected chi connectivity index (χ2v) is 6.18. The zero-order valence-corrected chi connectivity index (χ0v) is 12.1. The molecule has 2 rings (SSSR count). The Bertz CT molecular complexity index is 707. The van der Waals surface area contributed by atoms with Gasteiger partial charge in [-0.3, -0.25) is 0 Å². The maximum atomic E-state index is 12.0.